The van der Waals surface area contributed by atoms with E-state index in [1.165, 1.54) is 18.4 Å². The highest BCUT2D eigenvalue weighted by molar-refractivity contribution is 5.94. The Morgan fingerprint density at radius 2 is 1.93 bits per heavy atom. The summed E-state index contributed by atoms with van der Waals surface area (Å²) in [4.78, 5) is 19.4. The van der Waals surface area contributed by atoms with E-state index in [0.717, 1.165) is 56.8 Å². The zero-order valence-corrected chi connectivity index (χ0v) is 16.4. The largest absolute Gasteiger partial charge is 0.349 e. The highest BCUT2D eigenvalue weighted by Crippen LogP contribution is 2.23. The Bertz CT molecular complexity index is 748. The van der Waals surface area contributed by atoms with Crippen molar-refractivity contribution in [2.24, 2.45) is 0 Å². The molecule has 1 aromatic carbocycles. The number of aromatic nitrogens is 1. The fraction of sp³-hybridized carbons (Fsp3) is 0.478. The zero-order valence-electron chi connectivity index (χ0n) is 16.4. The standard InChI is InChI=1S/C23H30N4O/c28-23(19-8-6-18(7-9-19)20-4-3-12-24-16-20)26-21-10-14-27(15-11-21)17-22-5-1-2-13-25-22/h1-2,5-9,13,20-21,24H,3-4,10-12,14-17H2,(H,26,28)/t20-/m1/s1. The third-order valence-electron chi connectivity index (χ3n) is 5.98. The molecule has 1 aromatic heterocycles. The van der Waals surface area contributed by atoms with Crippen LogP contribution in [-0.2, 0) is 6.54 Å². The van der Waals surface area contributed by atoms with Gasteiger partial charge in [0.1, 0.15) is 0 Å². The molecule has 0 saturated carbocycles. The number of benzene rings is 1. The lowest BCUT2D eigenvalue weighted by Gasteiger charge is -2.32. The molecule has 0 unspecified atom stereocenters. The van der Waals surface area contributed by atoms with E-state index < -0.39 is 0 Å². The topological polar surface area (TPSA) is 57.3 Å². The van der Waals surface area contributed by atoms with Gasteiger partial charge >= 0.3 is 0 Å². The molecule has 0 bridgehead atoms. The lowest BCUT2D eigenvalue weighted by molar-refractivity contribution is 0.0908. The minimum atomic E-state index is 0.0523. The maximum absolute atomic E-state index is 12.6. The summed E-state index contributed by atoms with van der Waals surface area (Å²) in [5.74, 6) is 0.630. The molecule has 2 aliphatic heterocycles. The molecule has 0 radical (unpaired) electrons. The quantitative estimate of drug-likeness (QED) is 0.840. The van der Waals surface area contributed by atoms with Crippen LogP contribution in [0.5, 0.6) is 0 Å². The number of likely N-dealkylation sites (tertiary alicyclic amines) is 1. The van der Waals surface area contributed by atoms with Crippen LogP contribution in [-0.4, -0.2) is 48.0 Å². The molecule has 5 heteroatoms. The average Bonchev–Trinajstić information content (AvgIpc) is 2.76. The first-order valence-corrected chi connectivity index (χ1v) is 10.5. The fourth-order valence-corrected chi connectivity index (χ4v) is 4.27. The third-order valence-corrected chi connectivity index (χ3v) is 5.98. The number of hydrogen-bond acceptors (Lipinski definition) is 4. The molecule has 0 aliphatic carbocycles. The van der Waals surface area contributed by atoms with Gasteiger partial charge < -0.3 is 10.6 Å². The minimum Gasteiger partial charge on any atom is -0.349 e. The third kappa shape index (κ3) is 4.97. The van der Waals surface area contributed by atoms with Crippen molar-refractivity contribution >= 4 is 5.91 Å². The van der Waals surface area contributed by atoms with Gasteiger partial charge in [0, 0.05) is 44.0 Å². The Morgan fingerprint density at radius 3 is 2.61 bits per heavy atom. The van der Waals surface area contributed by atoms with Gasteiger partial charge in [0.25, 0.3) is 5.91 Å². The molecule has 5 nitrogen and oxygen atoms in total. The van der Waals surface area contributed by atoms with E-state index in [-0.39, 0.29) is 11.9 Å². The SMILES string of the molecule is O=C(NC1CCN(Cc2ccccn2)CC1)c1ccc([C@@H]2CCCNC2)cc1. The van der Waals surface area contributed by atoms with E-state index in [4.69, 9.17) is 0 Å². The van der Waals surface area contributed by atoms with Crippen LogP contribution in [0.2, 0.25) is 0 Å². The first-order chi connectivity index (χ1) is 13.8. The number of piperidine rings is 2. The summed E-state index contributed by atoms with van der Waals surface area (Å²) in [6, 6.07) is 14.5. The number of nitrogens with one attached hydrogen (secondary N) is 2. The van der Waals surface area contributed by atoms with Crippen LogP contribution in [0.1, 0.15) is 53.2 Å². The molecule has 2 saturated heterocycles. The molecule has 28 heavy (non-hydrogen) atoms. The summed E-state index contributed by atoms with van der Waals surface area (Å²) in [5.41, 5.74) is 3.22. The second kappa shape index (κ2) is 9.30. The first-order valence-electron chi connectivity index (χ1n) is 10.5. The lowest BCUT2D eigenvalue weighted by Crippen LogP contribution is -2.44. The molecule has 2 aliphatic rings. The van der Waals surface area contributed by atoms with Gasteiger partial charge in [-0.3, -0.25) is 14.7 Å². The molecular weight excluding hydrogens is 348 g/mol. The van der Waals surface area contributed by atoms with Gasteiger partial charge in [-0.2, -0.15) is 0 Å². The number of carbonyl (C=O) groups excluding carboxylic acids is 1. The normalized spacial score (nSPS) is 21.4. The van der Waals surface area contributed by atoms with E-state index in [1.807, 2.05) is 30.5 Å². The highest BCUT2D eigenvalue weighted by Gasteiger charge is 2.22. The van der Waals surface area contributed by atoms with E-state index >= 15 is 0 Å². The number of pyridine rings is 1. The van der Waals surface area contributed by atoms with Gasteiger partial charge in [0.15, 0.2) is 0 Å². The predicted molar refractivity (Wildman–Crippen MR) is 111 cm³/mol. The van der Waals surface area contributed by atoms with E-state index in [0.29, 0.717) is 5.92 Å². The molecule has 4 rings (SSSR count). The van der Waals surface area contributed by atoms with Gasteiger partial charge in [-0.25, -0.2) is 0 Å². The van der Waals surface area contributed by atoms with Crippen molar-refractivity contribution < 1.29 is 4.79 Å². The van der Waals surface area contributed by atoms with E-state index in [1.54, 1.807) is 0 Å². The second-order valence-electron chi connectivity index (χ2n) is 8.01. The zero-order chi connectivity index (χ0) is 19.2. The van der Waals surface area contributed by atoms with Crippen molar-refractivity contribution in [1.29, 1.82) is 0 Å². The fourth-order valence-electron chi connectivity index (χ4n) is 4.27. The van der Waals surface area contributed by atoms with Crippen molar-refractivity contribution in [3.05, 3.63) is 65.5 Å². The summed E-state index contributed by atoms with van der Waals surface area (Å²) in [7, 11) is 0. The molecule has 148 valence electrons. The van der Waals surface area contributed by atoms with Crippen LogP contribution in [0.4, 0.5) is 0 Å². The molecule has 2 N–H and O–H groups in total. The van der Waals surface area contributed by atoms with Gasteiger partial charge in [-0.15, -0.1) is 0 Å². The van der Waals surface area contributed by atoms with Crippen LogP contribution in [0.15, 0.2) is 48.7 Å². The summed E-state index contributed by atoms with van der Waals surface area (Å²) < 4.78 is 0. The van der Waals surface area contributed by atoms with E-state index in [9.17, 15) is 4.79 Å². The number of amides is 1. The monoisotopic (exact) mass is 378 g/mol. The summed E-state index contributed by atoms with van der Waals surface area (Å²) in [6.45, 7) is 5.05. The molecule has 1 atom stereocenters. The Balaban J connectivity index is 1.25. The minimum absolute atomic E-state index is 0.0523. The molecule has 1 amide bonds. The van der Waals surface area contributed by atoms with Gasteiger partial charge in [0.2, 0.25) is 0 Å². The van der Waals surface area contributed by atoms with Crippen molar-refractivity contribution in [3.8, 4) is 0 Å². The number of hydrogen-bond donors (Lipinski definition) is 2. The van der Waals surface area contributed by atoms with Gasteiger partial charge in [0.05, 0.1) is 5.69 Å². The Kier molecular flexibility index (Phi) is 6.34. The summed E-state index contributed by atoms with van der Waals surface area (Å²) >= 11 is 0. The number of nitrogens with zero attached hydrogens (tertiary/aromatic N) is 2. The van der Waals surface area contributed by atoms with Gasteiger partial charge in [-0.1, -0.05) is 18.2 Å². The summed E-state index contributed by atoms with van der Waals surface area (Å²) in [5, 5.41) is 6.68. The smallest absolute Gasteiger partial charge is 0.251 e. The number of rotatable bonds is 5. The van der Waals surface area contributed by atoms with Crippen molar-refractivity contribution in [2.45, 2.75) is 44.2 Å². The lowest BCUT2D eigenvalue weighted by atomic mass is 9.91. The highest BCUT2D eigenvalue weighted by atomic mass is 16.1. The van der Waals surface area contributed by atoms with Crippen LogP contribution in [0.3, 0.4) is 0 Å². The summed E-state index contributed by atoms with van der Waals surface area (Å²) in [6.07, 6.45) is 6.29. The Morgan fingerprint density at radius 1 is 1.11 bits per heavy atom. The van der Waals surface area contributed by atoms with Crippen molar-refractivity contribution in [3.63, 3.8) is 0 Å². The maximum atomic E-state index is 12.6. The van der Waals surface area contributed by atoms with E-state index in [2.05, 4.69) is 38.7 Å². The molecular formula is C23H30N4O. The second-order valence-corrected chi connectivity index (χ2v) is 8.01. The van der Waals surface area contributed by atoms with Crippen molar-refractivity contribution in [2.75, 3.05) is 26.2 Å². The number of carbonyl (C=O) groups is 1. The van der Waals surface area contributed by atoms with Crippen LogP contribution < -0.4 is 10.6 Å². The maximum Gasteiger partial charge on any atom is 0.251 e. The average molecular weight is 379 g/mol. The predicted octanol–water partition coefficient (Wildman–Crippen LogP) is 2.94. The Labute approximate surface area is 167 Å². The van der Waals surface area contributed by atoms with Crippen LogP contribution in [0, 0.1) is 0 Å². The molecule has 0 spiro atoms. The molecule has 2 aromatic rings. The Hall–Kier alpha value is -2.24. The molecule has 2 fully saturated rings. The van der Waals surface area contributed by atoms with Crippen LogP contribution in [0.25, 0.3) is 0 Å². The van der Waals surface area contributed by atoms with Crippen LogP contribution >= 0.6 is 0 Å². The van der Waals surface area contributed by atoms with Gasteiger partial charge in [-0.05, 0) is 68.0 Å². The first kappa shape index (κ1) is 19.1. The molecule has 3 heterocycles. The van der Waals surface area contributed by atoms with Crippen molar-refractivity contribution in [1.82, 2.24) is 20.5 Å².